The topological polar surface area (TPSA) is 95.9 Å². The lowest BCUT2D eigenvalue weighted by Gasteiger charge is -2.33. The Morgan fingerprint density at radius 3 is 2.26 bits per heavy atom. The van der Waals surface area contributed by atoms with Crippen molar-refractivity contribution in [2.75, 3.05) is 18.6 Å². The summed E-state index contributed by atoms with van der Waals surface area (Å²) in [5, 5.41) is 12.7. The highest BCUT2D eigenvalue weighted by Crippen LogP contribution is 2.47. The minimum Gasteiger partial charge on any atom is -0.479 e. The summed E-state index contributed by atoms with van der Waals surface area (Å²) >= 11 is 1.58. The number of nitrogens with zero attached hydrogens (tertiary/aromatic N) is 1. The number of carbonyl (C=O) groups excluding carboxylic acids is 2. The molecule has 2 bridgehead atoms. The Hall–Kier alpha value is -3.00. The van der Waals surface area contributed by atoms with Gasteiger partial charge in [-0.15, -0.1) is 0 Å². The van der Waals surface area contributed by atoms with E-state index in [1.165, 1.54) is 0 Å². The van der Waals surface area contributed by atoms with Crippen molar-refractivity contribution in [1.82, 2.24) is 10.2 Å². The van der Waals surface area contributed by atoms with Gasteiger partial charge in [0.05, 0.1) is 0 Å². The fourth-order valence-electron chi connectivity index (χ4n) is 6.08. The van der Waals surface area contributed by atoms with Crippen LogP contribution in [-0.2, 0) is 14.3 Å². The number of fused-ring (bicyclic) bond motifs is 5. The number of rotatable bonds is 8. The number of benzene rings is 2. The third-order valence-electron chi connectivity index (χ3n) is 7.79. The average molecular weight is 495 g/mol. The molecule has 2 aromatic rings. The number of carboxylic acids is 1. The molecule has 0 saturated carbocycles. The lowest BCUT2D eigenvalue weighted by molar-refractivity contribution is -0.156. The number of thioether (sulfide) groups is 1. The Labute approximate surface area is 209 Å². The molecule has 184 valence electrons. The van der Waals surface area contributed by atoms with E-state index in [0.717, 1.165) is 22.3 Å². The molecule has 0 radical (unpaired) electrons. The molecule has 2 heterocycles. The first-order valence-corrected chi connectivity index (χ1v) is 13.5. The molecule has 0 aromatic heterocycles. The molecule has 2 fully saturated rings. The van der Waals surface area contributed by atoms with Gasteiger partial charge in [-0.2, -0.15) is 11.8 Å². The summed E-state index contributed by atoms with van der Waals surface area (Å²) in [5.41, 5.74) is 3.40. The summed E-state index contributed by atoms with van der Waals surface area (Å²) in [7, 11) is 0. The Balaban J connectivity index is 1.29. The van der Waals surface area contributed by atoms with Crippen LogP contribution in [0, 0.1) is 0 Å². The minimum atomic E-state index is -1.14. The maximum Gasteiger partial charge on any atom is 0.407 e. The summed E-state index contributed by atoms with van der Waals surface area (Å²) in [4.78, 5) is 40.1. The van der Waals surface area contributed by atoms with E-state index in [9.17, 15) is 19.5 Å². The fourth-order valence-corrected chi connectivity index (χ4v) is 6.55. The molecule has 1 atom stereocenters. The number of ether oxygens (including phenoxy) is 1. The Kier molecular flexibility index (Phi) is 6.49. The number of amides is 2. The molecule has 2 aliphatic heterocycles. The molecule has 7 nitrogen and oxygen atoms in total. The third-order valence-corrected chi connectivity index (χ3v) is 8.43. The van der Waals surface area contributed by atoms with Crippen LogP contribution < -0.4 is 5.32 Å². The maximum absolute atomic E-state index is 13.5. The molecule has 8 heteroatoms. The SMILES string of the molecule is CSCC[C@H](NC(=O)OCC1c2ccccc2-c2ccccc21)C(=O)N1C2CCC1(C(=O)O)CC2. The van der Waals surface area contributed by atoms with Gasteiger partial charge in [0.25, 0.3) is 0 Å². The van der Waals surface area contributed by atoms with Crippen LogP contribution in [0.3, 0.4) is 0 Å². The van der Waals surface area contributed by atoms with E-state index in [2.05, 4.69) is 29.6 Å². The van der Waals surface area contributed by atoms with E-state index in [1.807, 2.05) is 30.5 Å². The van der Waals surface area contributed by atoms with Crippen LogP contribution in [0.25, 0.3) is 11.1 Å². The van der Waals surface area contributed by atoms with E-state index < -0.39 is 23.6 Å². The van der Waals surface area contributed by atoms with Crippen LogP contribution in [0.4, 0.5) is 4.79 Å². The summed E-state index contributed by atoms with van der Waals surface area (Å²) < 4.78 is 5.66. The van der Waals surface area contributed by atoms with Gasteiger partial charge in [-0.05, 0) is 66.4 Å². The lowest BCUT2D eigenvalue weighted by Crippen LogP contribution is -2.57. The highest BCUT2D eigenvalue weighted by atomic mass is 32.2. The van der Waals surface area contributed by atoms with Gasteiger partial charge >= 0.3 is 12.1 Å². The molecular weight excluding hydrogens is 464 g/mol. The van der Waals surface area contributed by atoms with Crippen molar-refractivity contribution in [2.24, 2.45) is 0 Å². The van der Waals surface area contributed by atoms with Crippen LogP contribution in [0.1, 0.15) is 49.1 Å². The largest absolute Gasteiger partial charge is 0.479 e. The molecule has 2 N–H and O–H groups in total. The molecular formula is C27H30N2O5S. The van der Waals surface area contributed by atoms with Crippen molar-refractivity contribution in [2.45, 2.75) is 55.6 Å². The number of alkyl carbamates (subject to hydrolysis) is 1. The third kappa shape index (κ3) is 4.07. The summed E-state index contributed by atoms with van der Waals surface area (Å²) in [6.45, 7) is 0.161. The molecule has 5 rings (SSSR count). The Morgan fingerprint density at radius 2 is 1.69 bits per heavy atom. The summed E-state index contributed by atoms with van der Waals surface area (Å²) in [6, 6.07) is 15.4. The molecule has 0 unspecified atom stereocenters. The zero-order chi connectivity index (χ0) is 24.6. The first-order chi connectivity index (χ1) is 17.0. The number of hydrogen-bond donors (Lipinski definition) is 2. The van der Waals surface area contributed by atoms with Crippen molar-refractivity contribution in [3.63, 3.8) is 0 Å². The van der Waals surface area contributed by atoms with Crippen molar-refractivity contribution in [3.8, 4) is 11.1 Å². The van der Waals surface area contributed by atoms with Crippen LogP contribution in [0.5, 0.6) is 0 Å². The van der Waals surface area contributed by atoms with Gasteiger partial charge < -0.3 is 20.1 Å². The quantitative estimate of drug-likeness (QED) is 0.570. The van der Waals surface area contributed by atoms with Gasteiger partial charge in [0.1, 0.15) is 18.2 Å². The van der Waals surface area contributed by atoms with E-state index in [1.54, 1.807) is 16.7 Å². The monoisotopic (exact) mass is 494 g/mol. The molecule has 1 aliphatic carbocycles. The standard InChI is InChI=1S/C27H30N2O5S/c1-35-15-12-23(24(30)29-17-10-13-27(29,14-11-17)25(31)32)28-26(33)34-16-22-20-8-4-2-6-18(20)19-7-3-5-9-21(19)22/h2-9,17,22-23H,10-16H2,1H3,(H,28,33)(H,31,32)/t17?,23-,27?/m0/s1. The van der Waals surface area contributed by atoms with Crippen molar-refractivity contribution < 1.29 is 24.2 Å². The zero-order valence-corrected chi connectivity index (χ0v) is 20.6. The molecule has 2 saturated heterocycles. The van der Waals surface area contributed by atoms with Gasteiger partial charge in [-0.1, -0.05) is 48.5 Å². The van der Waals surface area contributed by atoms with Gasteiger partial charge in [0, 0.05) is 12.0 Å². The number of carboxylic acid groups (broad SMARTS) is 1. The first kappa shape index (κ1) is 23.7. The second-order valence-corrected chi connectivity index (χ2v) is 10.6. The highest BCUT2D eigenvalue weighted by molar-refractivity contribution is 7.98. The van der Waals surface area contributed by atoms with Crippen LogP contribution >= 0.6 is 11.8 Å². The highest BCUT2D eigenvalue weighted by Gasteiger charge is 2.59. The number of carbonyl (C=O) groups is 3. The zero-order valence-electron chi connectivity index (χ0n) is 19.7. The van der Waals surface area contributed by atoms with E-state index in [0.29, 0.717) is 37.9 Å². The fraction of sp³-hybridized carbons (Fsp3) is 0.444. The van der Waals surface area contributed by atoms with Crippen molar-refractivity contribution >= 4 is 29.7 Å². The average Bonchev–Trinajstić information content (AvgIpc) is 3.54. The predicted molar refractivity (Wildman–Crippen MR) is 134 cm³/mol. The van der Waals surface area contributed by atoms with Crippen molar-refractivity contribution in [1.29, 1.82) is 0 Å². The molecule has 0 spiro atoms. The van der Waals surface area contributed by atoms with Gasteiger partial charge in [-0.25, -0.2) is 9.59 Å². The van der Waals surface area contributed by atoms with E-state index in [-0.39, 0.29) is 24.5 Å². The first-order valence-electron chi connectivity index (χ1n) is 12.1. The Bertz CT molecular complexity index is 1100. The predicted octanol–water partition coefficient (Wildman–Crippen LogP) is 4.26. The summed E-state index contributed by atoms with van der Waals surface area (Å²) in [5.74, 6) is -0.665. The molecule has 3 aliphatic rings. The van der Waals surface area contributed by atoms with Crippen LogP contribution in [0.15, 0.2) is 48.5 Å². The number of aliphatic carboxylic acids is 1. The lowest BCUT2D eigenvalue weighted by atomic mass is 9.88. The van der Waals surface area contributed by atoms with Gasteiger partial charge in [0.2, 0.25) is 5.91 Å². The van der Waals surface area contributed by atoms with Crippen LogP contribution in [-0.4, -0.2) is 64.2 Å². The molecule has 35 heavy (non-hydrogen) atoms. The van der Waals surface area contributed by atoms with E-state index in [4.69, 9.17) is 4.74 Å². The van der Waals surface area contributed by atoms with Gasteiger partial charge in [-0.3, -0.25) is 4.79 Å². The number of nitrogens with one attached hydrogen (secondary N) is 1. The smallest absolute Gasteiger partial charge is 0.407 e. The minimum absolute atomic E-state index is 0.0697. The number of hydrogen-bond acceptors (Lipinski definition) is 5. The van der Waals surface area contributed by atoms with Crippen LogP contribution in [0.2, 0.25) is 0 Å². The maximum atomic E-state index is 13.5. The summed E-state index contributed by atoms with van der Waals surface area (Å²) in [6.07, 6.45) is 4.03. The molecule has 2 amide bonds. The molecule has 2 aromatic carbocycles. The second kappa shape index (κ2) is 9.57. The normalized spacial score (nSPS) is 23.0. The van der Waals surface area contributed by atoms with E-state index >= 15 is 0 Å². The van der Waals surface area contributed by atoms with Gasteiger partial charge in [0.15, 0.2) is 0 Å². The second-order valence-electron chi connectivity index (χ2n) is 9.58. The van der Waals surface area contributed by atoms with Crippen molar-refractivity contribution in [3.05, 3.63) is 59.7 Å². The Morgan fingerprint density at radius 1 is 1.09 bits per heavy atom.